The van der Waals surface area contributed by atoms with Gasteiger partial charge in [0, 0.05) is 17.5 Å². The van der Waals surface area contributed by atoms with Crippen LogP contribution in [0.15, 0.2) is 0 Å². The summed E-state index contributed by atoms with van der Waals surface area (Å²) in [4.78, 5) is 10.5. The van der Waals surface area contributed by atoms with E-state index in [0.29, 0.717) is 13.0 Å². The summed E-state index contributed by atoms with van der Waals surface area (Å²) in [6.45, 7) is 0.472. The maximum atomic E-state index is 11.8. The molecule has 0 radical (unpaired) electrons. The number of aliphatic carboxylic acids is 1. The van der Waals surface area contributed by atoms with Crippen LogP contribution >= 0.6 is 11.8 Å². The Bertz CT molecular complexity index is 234. The van der Waals surface area contributed by atoms with Crippen molar-refractivity contribution < 1.29 is 23.1 Å². The number of alkyl halides is 3. The minimum atomic E-state index is -4.12. The molecule has 0 aromatic heterocycles. The van der Waals surface area contributed by atoms with Crippen LogP contribution in [0.4, 0.5) is 13.2 Å². The molecule has 2 N–H and O–H groups in total. The number of halogens is 3. The van der Waals surface area contributed by atoms with Crippen molar-refractivity contribution >= 4 is 17.7 Å². The molecule has 1 fully saturated rings. The molecule has 0 aromatic rings. The van der Waals surface area contributed by atoms with Crippen molar-refractivity contribution in [3.63, 3.8) is 0 Å². The SMILES string of the molecule is O=C(O)C1CC(SCCC(F)(F)F)CN1. The second kappa shape index (κ2) is 5.07. The van der Waals surface area contributed by atoms with E-state index < -0.39 is 24.6 Å². The first-order valence-corrected chi connectivity index (χ1v) is 5.58. The molecule has 2 atom stereocenters. The van der Waals surface area contributed by atoms with E-state index in [1.807, 2.05) is 0 Å². The second-order valence-corrected chi connectivity index (χ2v) is 4.80. The van der Waals surface area contributed by atoms with E-state index in [1.54, 1.807) is 0 Å². The summed E-state index contributed by atoms with van der Waals surface area (Å²) >= 11 is 1.19. The zero-order valence-corrected chi connectivity index (χ0v) is 8.70. The van der Waals surface area contributed by atoms with Crippen LogP contribution in [0.1, 0.15) is 12.8 Å². The molecule has 88 valence electrons. The number of rotatable bonds is 4. The summed E-state index contributed by atoms with van der Waals surface area (Å²) in [6.07, 6.45) is -4.53. The van der Waals surface area contributed by atoms with E-state index in [2.05, 4.69) is 5.32 Å². The fourth-order valence-corrected chi connectivity index (χ4v) is 2.58. The molecule has 1 aliphatic heterocycles. The maximum absolute atomic E-state index is 11.8. The molecule has 1 rings (SSSR count). The van der Waals surface area contributed by atoms with Crippen LogP contribution in [0.25, 0.3) is 0 Å². The van der Waals surface area contributed by atoms with Crippen molar-refractivity contribution in [1.82, 2.24) is 5.32 Å². The summed E-state index contributed by atoms with van der Waals surface area (Å²) in [5.74, 6) is -0.934. The van der Waals surface area contributed by atoms with Gasteiger partial charge in [-0.25, -0.2) is 0 Å². The Hall–Kier alpha value is -0.430. The van der Waals surface area contributed by atoms with Crippen molar-refractivity contribution in [3.8, 4) is 0 Å². The van der Waals surface area contributed by atoms with Gasteiger partial charge in [-0.2, -0.15) is 24.9 Å². The number of carboxylic acid groups (broad SMARTS) is 1. The van der Waals surface area contributed by atoms with E-state index in [-0.39, 0.29) is 11.0 Å². The van der Waals surface area contributed by atoms with Crippen LogP contribution in [0.2, 0.25) is 0 Å². The molecule has 0 aromatic carbocycles. The van der Waals surface area contributed by atoms with Crippen LogP contribution in [0, 0.1) is 0 Å². The van der Waals surface area contributed by atoms with Crippen LogP contribution < -0.4 is 5.32 Å². The average molecular weight is 243 g/mol. The fraction of sp³-hybridized carbons (Fsp3) is 0.875. The molecule has 3 nitrogen and oxygen atoms in total. The Balaban J connectivity index is 2.17. The molecule has 2 unspecified atom stereocenters. The molecule has 1 saturated heterocycles. The summed E-state index contributed by atoms with van der Waals surface area (Å²) < 4.78 is 35.4. The highest BCUT2D eigenvalue weighted by Gasteiger charge is 2.31. The minimum Gasteiger partial charge on any atom is -0.480 e. The van der Waals surface area contributed by atoms with Crippen LogP contribution in [-0.4, -0.2) is 40.8 Å². The van der Waals surface area contributed by atoms with Crippen molar-refractivity contribution in [2.75, 3.05) is 12.3 Å². The highest BCUT2D eigenvalue weighted by Crippen LogP contribution is 2.27. The average Bonchev–Trinajstić information content (AvgIpc) is 2.50. The van der Waals surface area contributed by atoms with E-state index >= 15 is 0 Å². The number of thioether (sulfide) groups is 1. The van der Waals surface area contributed by atoms with Gasteiger partial charge in [-0.3, -0.25) is 4.79 Å². The van der Waals surface area contributed by atoms with Crippen molar-refractivity contribution in [2.24, 2.45) is 0 Å². The van der Waals surface area contributed by atoms with Crippen LogP contribution in [-0.2, 0) is 4.79 Å². The van der Waals surface area contributed by atoms with Gasteiger partial charge in [0.2, 0.25) is 0 Å². The van der Waals surface area contributed by atoms with Gasteiger partial charge in [-0.1, -0.05) is 0 Å². The third-order valence-electron chi connectivity index (χ3n) is 2.13. The molecule has 0 aliphatic carbocycles. The topological polar surface area (TPSA) is 49.3 Å². The highest BCUT2D eigenvalue weighted by atomic mass is 32.2. The molecule has 0 spiro atoms. The highest BCUT2D eigenvalue weighted by molar-refractivity contribution is 7.99. The predicted molar refractivity (Wildman–Crippen MR) is 51.0 cm³/mol. The first-order valence-electron chi connectivity index (χ1n) is 4.53. The number of hydrogen-bond acceptors (Lipinski definition) is 3. The van der Waals surface area contributed by atoms with Gasteiger partial charge in [-0.05, 0) is 6.42 Å². The second-order valence-electron chi connectivity index (χ2n) is 3.39. The Morgan fingerprint density at radius 1 is 1.53 bits per heavy atom. The molecule has 0 saturated carbocycles. The molecule has 0 amide bonds. The van der Waals surface area contributed by atoms with E-state index in [9.17, 15) is 18.0 Å². The lowest BCUT2D eigenvalue weighted by Crippen LogP contribution is -2.29. The van der Waals surface area contributed by atoms with Crippen LogP contribution in [0.5, 0.6) is 0 Å². The first-order chi connectivity index (χ1) is 6.88. The van der Waals surface area contributed by atoms with Gasteiger partial charge in [0.15, 0.2) is 0 Å². The normalized spacial score (nSPS) is 26.9. The summed E-state index contributed by atoms with van der Waals surface area (Å²) in [5.41, 5.74) is 0. The molecule has 15 heavy (non-hydrogen) atoms. The smallest absolute Gasteiger partial charge is 0.389 e. The van der Waals surface area contributed by atoms with Gasteiger partial charge in [0.05, 0.1) is 6.42 Å². The standard InChI is InChI=1S/C8H12F3NO2S/c9-8(10,11)1-2-15-5-3-6(7(13)14)12-4-5/h5-6,12H,1-4H2,(H,13,14). The van der Waals surface area contributed by atoms with Gasteiger partial charge in [0.25, 0.3) is 0 Å². The predicted octanol–water partition coefficient (Wildman–Crippen LogP) is 1.49. The van der Waals surface area contributed by atoms with Gasteiger partial charge in [-0.15, -0.1) is 0 Å². The van der Waals surface area contributed by atoms with Crippen molar-refractivity contribution in [1.29, 1.82) is 0 Å². The lowest BCUT2D eigenvalue weighted by Gasteiger charge is -2.09. The maximum Gasteiger partial charge on any atom is 0.389 e. The summed E-state index contributed by atoms with van der Waals surface area (Å²) in [7, 11) is 0. The quantitative estimate of drug-likeness (QED) is 0.785. The van der Waals surface area contributed by atoms with Crippen LogP contribution in [0.3, 0.4) is 0 Å². The Kier molecular flexibility index (Phi) is 4.27. The van der Waals surface area contributed by atoms with E-state index in [0.717, 1.165) is 0 Å². The number of carboxylic acids is 1. The molecule has 0 bridgehead atoms. The molecule has 1 heterocycles. The van der Waals surface area contributed by atoms with Crippen molar-refractivity contribution in [2.45, 2.75) is 30.3 Å². The van der Waals surface area contributed by atoms with Gasteiger partial charge in [0.1, 0.15) is 6.04 Å². The molecule has 1 aliphatic rings. The lowest BCUT2D eigenvalue weighted by molar-refractivity contribution is -0.139. The Morgan fingerprint density at radius 3 is 2.67 bits per heavy atom. The Labute approximate surface area is 89.4 Å². The summed E-state index contributed by atoms with van der Waals surface area (Å²) in [5, 5.41) is 11.4. The third kappa shape index (κ3) is 4.74. The van der Waals surface area contributed by atoms with Gasteiger partial charge >= 0.3 is 12.1 Å². The monoisotopic (exact) mass is 243 g/mol. The zero-order chi connectivity index (χ0) is 11.5. The zero-order valence-electron chi connectivity index (χ0n) is 7.88. The number of carbonyl (C=O) groups is 1. The number of nitrogens with one attached hydrogen (secondary N) is 1. The van der Waals surface area contributed by atoms with E-state index in [4.69, 9.17) is 5.11 Å². The largest absolute Gasteiger partial charge is 0.480 e. The molecular formula is C8H12F3NO2S. The third-order valence-corrected chi connectivity index (χ3v) is 3.40. The number of hydrogen-bond donors (Lipinski definition) is 2. The van der Waals surface area contributed by atoms with Crippen molar-refractivity contribution in [3.05, 3.63) is 0 Å². The lowest BCUT2D eigenvalue weighted by atomic mass is 10.2. The van der Waals surface area contributed by atoms with Gasteiger partial charge < -0.3 is 10.4 Å². The minimum absolute atomic E-state index is 0.00217. The summed E-state index contributed by atoms with van der Waals surface area (Å²) in [6, 6.07) is -0.603. The molecule has 7 heteroatoms. The Morgan fingerprint density at radius 2 is 2.20 bits per heavy atom. The van der Waals surface area contributed by atoms with E-state index in [1.165, 1.54) is 11.8 Å². The first kappa shape index (κ1) is 12.6. The fourth-order valence-electron chi connectivity index (χ4n) is 1.36. The molecular weight excluding hydrogens is 231 g/mol.